The molecule has 0 unspecified atom stereocenters. The zero-order valence-corrected chi connectivity index (χ0v) is 21.1. The number of halogens is 4. The van der Waals surface area contributed by atoms with Crippen molar-refractivity contribution in [2.75, 3.05) is 10.6 Å². The minimum Gasteiger partial charge on any atom is -0.332 e. The van der Waals surface area contributed by atoms with Crippen molar-refractivity contribution in [2.45, 2.75) is 12.7 Å². The van der Waals surface area contributed by atoms with Crippen molar-refractivity contribution in [3.63, 3.8) is 0 Å². The molecule has 0 saturated heterocycles. The van der Waals surface area contributed by atoms with Gasteiger partial charge in [-0.2, -0.15) is 13.2 Å². The minimum atomic E-state index is -4.47. The van der Waals surface area contributed by atoms with Crippen LogP contribution < -0.4 is 10.6 Å². The summed E-state index contributed by atoms with van der Waals surface area (Å²) in [5.41, 5.74) is 2.28. The molecular weight excluding hydrogens is 527 g/mol. The van der Waals surface area contributed by atoms with Gasteiger partial charge in [-0.15, -0.1) is 0 Å². The van der Waals surface area contributed by atoms with E-state index in [0.29, 0.717) is 33.9 Å². The van der Waals surface area contributed by atoms with Gasteiger partial charge in [-0.1, -0.05) is 54.1 Å². The Labute approximate surface area is 226 Å². The highest BCUT2D eigenvalue weighted by molar-refractivity contribution is 6.34. The Bertz CT molecular complexity index is 1660. The first-order chi connectivity index (χ1) is 18.7. The minimum absolute atomic E-state index is 0.234. The first-order valence-corrected chi connectivity index (χ1v) is 12.3. The molecule has 196 valence electrons. The number of anilines is 2. The van der Waals surface area contributed by atoms with E-state index in [1.54, 1.807) is 48.5 Å². The van der Waals surface area contributed by atoms with E-state index in [9.17, 15) is 22.8 Å². The Kier molecular flexibility index (Phi) is 7.13. The topological polar surface area (TPSA) is 63.1 Å². The van der Waals surface area contributed by atoms with Crippen molar-refractivity contribution in [1.82, 2.24) is 4.57 Å². The number of rotatable bonds is 6. The molecule has 5 aromatic rings. The predicted octanol–water partition coefficient (Wildman–Crippen LogP) is 7.87. The molecule has 0 radical (unpaired) electrons. The Morgan fingerprint density at radius 2 is 1.38 bits per heavy atom. The molecule has 0 aliphatic heterocycles. The molecule has 0 spiro atoms. The monoisotopic (exact) mass is 547 g/mol. The normalized spacial score (nSPS) is 11.4. The van der Waals surface area contributed by atoms with Crippen LogP contribution in [0.2, 0.25) is 5.02 Å². The van der Waals surface area contributed by atoms with Crippen LogP contribution >= 0.6 is 11.6 Å². The van der Waals surface area contributed by atoms with Crippen LogP contribution in [0.25, 0.3) is 10.9 Å². The largest absolute Gasteiger partial charge is 0.416 e. The number of carbonyl (C=O) groups is 2. The lowest BCUT2D eigenvalue weighted by atomic mass is 10.2. The summed E-state index contributed by atoms with van der Waals surface area (Å²) in [6, 6.07) is 27.5. The molecule has 5 rings (SSSR count). The van der Waals surface area contributed by atoms with Gasteiger partial charge in [-0.3, -0.25) is 9.59 Å². The van der Waals surface area contributed by atoms with Crippen LogP contribution in [-0.2, 0) is 12.7 Å². The van der Waals surface area contributed by atoms with E-state index in [1.807, 2.05) is 34.9 Å². The summed E-state index contributed by atoms with van der Waals surface area (Å²) in [5, 5.41) is 6.54. The van der Waals surface area contributed by atoms with E-state index >= 15 is 0 Å². The molecule has 2 N–H and O–H groups in total. The summed E-state index contributed by atoms with van der Waals surface area (Å²) in [7, 11) is 0. The van der Waals surface area contributed by atoms with Gasteiger partial charge in [0.05, 0.1) is 16.1 Å². The Morgan fingerprint density at radius 3 is 2.08 bits per heavy atom. The van der Waals surface area contributed by atoms with Gasteiger partial charge >= 0.3 is 6.18 Å². The third-order valence-corrected chi connectivity index (χ3v) is 6.49. The van der Waals surface area contributed by atoms with E-state index in [4.69, 9.17) is 11.6 Å². The summed E-state index contributed by atoms with van der Waals surface area (Å²) in [4.78, 5) is 26.1. The van der Waals surface area contributed by atoms with Gasteiger partial charge < -0.3 is 15.2 Å². The highest BCUT2D eigenvalue weighted by atomic mass is 35.5. The maximum atomic E-state index is 13.3. The van der Waals surface area contributed by atoms with Crippen molar-refractivity contribution in [1.29, 1.82) is 0 Å². The molecule has 0 fully saturated rings. The summed E-state index contributed by atoms with van der Waals surface area (Å²) in [5.74, 6) is -0.854. The van der Waals surface area contributed by atoms with Crippen LogP contribution in [0.15, 0.2) is 103 Å². The van der Waals surface area contributed by atoms with Crippen LogP contribution in [0.5, 0.6) is 0 Å². The summed E-state index contributed by atoms with van der Waals surface area (Å²) in [6.07, 6.45) is -4.47. The molecule has 0 bridgehead atoms. The number of amides is 2. The molecule has 1 aromatic heterocycles. The van der Waals surface area contributed by atoms with Crippen molar-refractivity contribution in [3.8, 4) is 0 Å². The number of hydrogen-bond donors (Lipinski definition) is 2. The lowest BCUT2D eigenvalue weighted by Gasteiger charge is -2.13. The van der Waals surface area contributed by atoms with Gasteiger partial charge in [-0.25, -0.2) is 0 Å². The van der Waals surface area contributed by atoms with E-state index < -0.39 is 17.6 Å². The van der Waals surface area contributed by atoms with Gasteiger partial charge in [-0.05, 0) is 66.2 Å². The number of fused-ring (bicyclic) bond motifs is 1. The highest BCUT2D eigenvalue weighted by Gasteiger charge is 2.30. The maximum Gasteiger partial charge on any atom is 0.416 e. The Hall–Kier alpha value is -4.56. The number of nitrogens with one attached hydrogen (secondary N) is 2. The van der Waals surface area contributed by atoms with E-state index in [1.165, 1.54) is 12.1 Å². The molecule has 2 amide bonds. The second-order valence-electron chi connectivity index (χ2n) is 8.84. The van der Waals surface area contributed by atoms with Crippen LogP contribution in [0.1, 0.15) is 32.0 Å². The summed E-state index contributed by atoms with van der Waals surface area (Å²) < 4.78 is 40.6. The Morgan fingerprint density at radius 1 is 0.744 bits per heavy atom. The van der Waals surface area contributed by atoms with Gasteiger partial charge in [0.25, 0.3) is 11.8 Å². The zero-order chi connectivity index (χ0) is 27.6. The van der Waals surface area contributed by atoms with Gasteiger partial charge in [0.2, 0.25) is 0 Å². The maximum absolute atomic E-state index is 13.3. The number of carbonyl (C=O) groups excluding carboxylic acids is 2. The molecule has 0 saturated carbocycles. The molecular formula is C30H21ClF3N3O2. The third kappa shape index (κ3) is 5.81. The number of nitrogens with zero attached hydrogens (tertiary/aromatic N) is 1. The van der Waals surface area contributed by atoms with E-state index in [2.05, 4.69) is 10.6 Å². The van der Waals surface area contributed by atoms with Crippen LogP contribution in [-0.4, -0.2) is 16.4 Å². The predicted molar refractivity (Wildman–Crippen MR) is 146 cm³/mol. The average molecular weight is 548 g/mol. The van der Waals surface area contributed by atoms with Crippen molar-refractivity contribution in [3.05, 3.63) is 131 Å². The molecule has 5 nitrogen and oxygen atoms in total. The van der Waals surface area contributed by atoms with Crippen LogP contribution in [0.4, 0.5) is 24.5 Å². The quantitative estimate of drug-likeness (QED) is 0.227. The SMILES string of the molecule is O=C(Nc1ccc2c(c1)cc(C(=O)Nc1ccc(C(F)(F)F)cc1)n2Cc1ccccc1)c1ccccc1Cl. The number of aromatic nitrogens is 1. The standard InChI is InChI=1S/C30H21ClF3N3O2/c31-25-9-5-4-8-24(25)28(38)36-23-14-15-26-20(16-23)17-27(37(26)18-19-6-2-1-3-7-19)29(39)35-22-12-10-21(11-13-22)30(32,33)34/h1-17H,18H2,(H,35,39)(H,36,38). The molecule has 0 aliphatic rings. The number of alkyl halides is 3. The summed E-state index contributed by atoms with van der Waals surface area (Å²) in [6.45, 7) is 0.380. The molecule has 0 atom stereocenters. The zero-order valence-electron chi connectivity index (χ0n) is 20.3. The average Bonchev–Trinajstić information content (AvgIpc) is 3.27. The van der Waals surface area contributed by atoms with E-state index in [-0.39, 0.29) is 11.6 Å². The van der Waals surface area contributed by atoms with Gasteiger partial charge in [0.1, 0.15) is 5.69 Å². The Balaban J connectivity index is 1.47. The van der Waals surface area contributed by atoms with Gasteiger partial charge in [0.15, 0.2) is 0 Å². The molecule has 9 heteroatoms. The second kappa shape index (κ2) is 10.7. The molecule has 1 heterocycles. The van der Waals surface area contributed by atoms with Crippen LogP contribution in [0.3, 0.4) is 0 Å². The van der Waals surface area contributed by atoms with Crippen molar-refractivity contribution in [2.24, 2.45) is 0 Å². The van der Waals surface area contributed by atoms with Crippen LogP contribution in [0, 0.1) is 0 Å². The molecule has 0 aliphatic carbocycles. The fourth-order valence-corrected chi connectivity index (χ4v) is 4.48. The number of benzene rings is 4. The smallest absolute Gasteiger partial charge is 0.332 e. The lowest BCUT2D eigenvalue weighted by Crippen LogP contribution is -2.17. The molecule has 39 heavy (non-hydrogen) atoms. The summed E-state index contributed by atoms with van der Waals surface area (Å²) >= 11 is 6.15. The fraction of sp³-hybridized carbons (Fsp3) is 0.0667. The second-order valence-corrected chi connectivity index (χ2v) is 9.25. The van der Waals surface area contributed by atoms with Crippen molar-refractivity contribution >= 4 is 45.7 Å². The highest BCUT2D eigenvalue weighted by Crippen LogP contribution is 2.30. The van der Waals surface area contributed by atoms with Crippen molar-refractivity contribution < 1.29 is 22.8 Å². The lowest BCUT2D eigenvalue weighted by molar-refractivity contribution is -0.137. The third-order valence-electron chi connectivity index (χ3n) is 6.16. The molecule has 4 aromatic carbocycles. The van der Waals surface area contributed by atoms with E-state index in [0.717, 1.165) is 23.2 Å². The number of hydrogen-bond acceptors (Lipinski definition) is 2. The van der Waals surface area contributed by atoms with Gasteiger partial charge in [0, 0.05) is 28.8 Å². The first-order valence-electron chi connectivity index (χ1n) is 11.9. The fourth-order valence-electron chi connectivity index (χ4n) is 4.25. The first kappa shape index (κ1) is 26.1.